The van der Waals surface area contributed by atoms with Crippen LogP contribution < -0.4 is 10.1 Å². The molecule has 23 heavy (non-hydrogen) atoms. The van der Waals surface area contributed by atoms with Crippen molar-refractivity contribution in [2.75, 3.05) is 6.61 Å². The van der Waals surface area contributed by atoms with E-state index < -0.39 is 0 Å². The van der Waals surface area contributed by atoms with Gasteiger partial charge >= 0.3 is 0 Å². The van der Waals surface area contributed by atoms with Crippen LogP contribution in [0.15, 0.2) is 53.5 Å². The summed E-state index contributed by atoms with van der Waals surface area (Å²) in [4.78, 5) is 15.9. The van der Waals surface area contributed by atoms with Gasteiger partial charge in [-0.15, -0.1) is 0 Å². The Hall–Kier alpha value is -2.33. The lowest BCUT2D eigenvalue weighted by atomic mass is 10.2. The average Bonchev–Trinajstić information content (AvgIpc) is 2.52. The van der Waals surface area contributed by atoms with E-state index in [9.17, 15) is 4.79 Å². The first-order chi connectivity index (χ1) is 11.0. The van der Waals surface area contributed by atoms with Crippen LogP contribution in [0.5, 0.6) is 5.75 Å². The van der Waals surface area contributed by atoms with Crippen molar-refractivity contribution in [2.24, 2.45) is 4.99 Å². The highest BCUT2D eigenvalue weighted by atomic mass is 35.5. The highest BCUT2D eigenvalue weighted by Gasteiger charge is 2.04. The maximum absolute atomic E-state index is 11.5. The first-order valence-corrected chi connectivity index (χ1v) is 7.73. The molecule has 2 aromatic rings. The lowest BCUT2D eigenvalue weighted by Crippen LogP contribution is -2.34. The molecule has 0 saturated heterocycles. The Bertz CT molecular complexity index is 682. The number of ether oxygens (including phenoxy) is 1. The first kappa shape index (κ1) is 17.0. The number of rotatable bonds is 6. The number of carbonyl (C=O) groups is 1. The summed E-state index contributed by atoms with van der Waals surface area (Å²) in [7, 11) is 0. The smallest absolute Gasteiger partial charge is 0.258 e. The van der Waals surface area contributed by atoms with Crippen molar-refractivity contribution < 1.29 is 9.53 Å². The molecule has 0 spiro atoms. The Kier molecular flexibility index (Phi) is 6.18. The lowest BCUT2D eigenvalue weighted by molar-refractivity contribution is -0.123. The number of nitrogens with one attached hydrogen (secondary N) is 1. The molecule has 2 rings (SSSR count). The number of amides is 1. The molecule has 2 aromatic carbocycles. The molecule has 0 aromatic heterocycles. The van der Waals surface area contributed by atoms with Crippen molar-refractivity contribution in [1.29, 1.82) is 0 Å². The molecule has 0 aliphatic heterocycles. The van der Waals surface area contributed by atoms with Gasteiger partial charge in [0.25, 0.3) is 5.91 Å². The van der Waals surface area contributed by atoms with Crippen molar-refractivity contribution in [1.82, 2.24) is 5.32 Å². The average molecular weight is 331 g/mol. The van der Waals surface area contributed by atoms with Gasteiger partial charge in [0, 0.05) is 12.3 Å². The molecule has 0 unspecified atom stereocenters. The molecular formula is C18H19ClN2O2. The van der Waals surface area contributed by atoms with Gasteiger partial charge in [0.05, 0.1) is 10.7 Å². The van der Waals surface area contributed by atoms with Crippen LogP contribution in [0.3, 0.4) is 0 Å². The fourth-order valence-electron chi connectivity index (χ4n) is 1.86. The molecular weight excluding hydrogens is 312 g/mol. The van der Waals surface area contributed by atoms with Gasteiger partial charge in [-0.3, -0.25) is 9.79 Å². The number of carbonyl (C=O) groups excluding carboxylic acids is 1. The third-order valence-electron chi connectivity index (χ3n) is 2.90. The Balaban J connectivity index is 1.92. The van der Waals surface area contributed by atoms with Gasteiger partial charge in [-0.25, -0.2) is 0 Å². The van der Waals surface area contributed by atoms with E-state index in [1.54, 1.807) is 24.4 Å². The van der Waals surface area contributed by atoms with Crippen LogP contribution in [0.25, 0.3) is 0 Å². The zero-order valence-electron chi connectivity index (χ0n) is 13.1. The molecule has 0 aliphatic carbocycles. The number of para-hydroxylation sites is 1. The molecule has 4 nitrogen and oxygen atoms in total. The van der Waals surface area contributed by atoms with Crippen molar-refractivity contribution in [2.45, 2.75) is 19.9 Å². The molecule has 0 atom stereocenters. The highest BCUT2D eigenvalue weighted by molar-refractivity contribution is 6.33. The second kappa shape index (κ2) is 8.34. The standard InChI is InChI=1S/C18H19ClN2O2/c1-13(2)21-18(22)12-23-15-9-7-14(8-10-15)11-20-17-6-4-3-5-16(17)19/h3-11,13H,12H2,1-2H3,(H,21,22). The number of hydrogen-bond donors (Lipinski definition) is 1. The Morgan fingerprint density at radius 2 is 1.91 bits per heavy atom. The van der Waals surface area contributed by atoms with E-state index in [-0.39, 0.29) is 18.6 Å². The van der Waals surface area contributed by atoms with E-state index in [0.717, 1.165) is 11.3 Å². The van der Waals surface area contributed by atoms with Gasteiger partial charge in [0.2, 0.25) is 0 Å². The van der Waals surface area contributed by atoms with Gasteiger partial charge in [-0.05, 0) is 55.8 Å². The summed E-state index contributed by atoms with van der Waals surface area (Å²) in [5, 5.41) is 3.38. The molecule has 0 bridgehead atoms. The summed E-state index contributed by atoms with van der Waals surface area (Å²) in [6.45, 7) is 3.82. The third kappa shape index (κ3) is 5.75. The molecule has 1 amide bonds. The molecule has 1 N–H and O–H groups in total. The van der Waals surface area contributed by atoms with E-state index in [0.29, 0.717) is 10.8 Å². The topological polar surface area (TPSA) is 50.7 Å². The summed E-state index contributed by atoms with van der Waals surface area (Å²) in [6, 6.07) is 14.9. The van der Waals surface area contributed by atoms with Crippen LogP contribution in [0, 0.1) is 0 Å². The zero-order chi connectivity index (χ0) is 16.7. The molecule has 0 radical (unpaired) electrons. The first-order valence-electron chi connectivity index (χ1n) is 7.35. The zero-order valence-corrected chi connectivity index (χ0v) is 13.9. The highest BCUT2D eigenvalue weighted by Crippen LogP contribution is 2.23. The van der Waals surface area contributed by atoms with Crippen LogP contribution in [-0.4, -0.2) is 24.8 Å². The minimum absolute atomic E-state index is 0.00520. The number of nitrogens with zero attached hydrogens (tertiary/aromatic N) is 1. The lowest BCUT2D eigenvalue weighted by Gasteiger charge is -2.09. The normalized spacial score (nSPS) is 11.0. The third-order valence-corrected chi connectivity index (χ3v) is 3.22. The van der Waals surface area contributed by atoms with E-state index >= 15 is 0 Å². The predicted molar refractivity (Wildman–Crippen MR) is 93.9 cm³/mol. The fraction of sp³-hybridized carbons (Fsp3) is 0.222. The molecule has 0 heterocycles. The predicted octanol–water partition coefficient (Wildman–Crippen LogP) is 3.99. The maximum atomic E-state index is 11.5. The van der Waals surface area contributed by atoms with Gasteiger partial charge in [0.1, 0.15) is 5.75 Å². The monoisotopic (exact) mass is 330 g/mol. The molecule has 120 valence electrons. The number of hydrogen-bond acceptors (Lipinski definition) is 3. The largest absolute Gasteiger partial charge is 0.484 e. The van der Waals surface area contributed by atoms with Crippen molar-refractivity contribution in [3.05, 3.63) is 59.1 Å². The quantitative estimate of drug-likeness (QED) is 0.814. The van der Waals surface area contributed by atoms with E-state index in [2.05, 4.69) is 10.3 Å². The van der Waals surface area contributed by atoms with Crippen LogP contribution in [0.1, 0.15) is 19.4 Å². The van der Waals surface area contributed by atoms with Gasteiger partial charge in [-0.2, -0.15) is 0 Å². The van der Waals surface area contributed by atoms with Gasteiger partial charge < -0.3 is 10.1 Å². The number of halogens is 1. The molecule has 0 fully saturated rings. The van der Waals surface area contributed by atoms with E-state index in [1.165, 1.54) is 0 Å². The van der Waals surface area contributed by atoms with Crippen molar-refractivity contribution in [3.8, 4) is 5.75 Å². The fourth-order valence-corrected chi connectivity index (χ4v) is 2.05. The van der Waals surface area contributed by atoms with Crippen LogP contribution in [0.2, 0.25) is 5.02 Å². The molecule has 5 heteroatoms. The summed E-state index contributed by atoms with van der Waals surface area (Å²) >= 11 is 6.05. The molecule has 0 aliphatic rings. The maximum Gasteiger partial charge on any atom is 0.258 e. The van der Waals surface area contributed by atoms with E-state index in [1.807, 2.05) is 44.2 Å². The summed E-state index contributed by atoms with van der Waals surface area (Å²) < 4.78 is 5.43. The van der Waals surface area contributed by atoms with Crippen LogP contribution >= 0.6 is 11.6 Å². The second-order valence-electron chi connectivity index (χ2n) is 5.29. The second-order valence-corrected chi connectivity index (χ2v) is 5.70. The Labute approximate surface area is 141 Å². The Morgan fingerprint density at radius 3 is 2.57 bits per heavy atom. The van der Waals surface area contributed by atoms with Gasteiger partial charge in [0.15, 0.2) is 6.61 Å². The summed E-state index contributed by atoms with van der Waals surface area (Å²) in [5.41, 5.74) is 1.64. The summed E-state index contributed by atoms with van der Waals surface area (Å²) in [5.74, 6) is 0.503. The van der Waals surface area contributed by atoms with Gasteiger partial charge in [-0.1, -0.05) is 23.7 Å². The van der Waals surface area contributed by atoms with Crippen molar-refractivity contribution >= 4 is 29.4 Å². The van der Waals surface area contributed by atoms with Crippen molar-refractivity contribution in [3.63, 3.8) is 0 Å². The minimum Gasteiger partial charge on any atom is -0.484 e. The van der Waals surface area contributed by atoms with Crippen LogP contribution in [0.4, 0.5) is 5.69 Å². The van der Waals surface area contributed by atoms with Crippen LogP contribution in [-0.2, 0) is 4.79 Å². The SMILES string of the molecule is CC(C)NC(=O)COc1ccc(C=Nc2ccccc2Cl)cc1. The number of benzene rings is 2. The minimum atomic E-state index is -0.135. The molecule has 0 saturated carbocycles. The number of aliphatic imine (C=N–C) groups is 1. The Morgan fingerprint density at radius 1 is 1.22 bits per heavy atom. The summed E-state index contributed by atoms with van der Waals surface area (Å²) in [6.07, 6.45) is 1.73. The van der Waals surface area contributed by atoms with E-state index in [4.69, 9.17) is 16.3 Å².